The fraction of sp³-hybridized carbons (Fsp3) is 0.107. The Morgan fingerprint density at radius 3 is 2.10 bits per heavy atom. The second-order valence-electron chi connectivity index (χ2n) is 8.33. The summed E-state index contributed by atoms with van der Waals surface area (Å²) in [6, 6.07) is 25.7. The fourth-order valence-electron chi connectivity index (χ4n) is 3.63. The largest absolute Gasteiger partial charge is 0.489 e. The van der Waals surface area contributed by atoms with Gasteiger partial charge in [0.1, 0.15) is 18.9 Å². The standard InChI is InChI=1S/C28H22ClF3N2O4S/c29-26-16-13-22(17-25(26)28(30,31)32)34(39(36,37)24-9-5-2-6-10-24)18-27(35)33-21-11-14-23(15-12-21)38-19-20-7-3-1-4-8-20/h1-17H,18-19H2,(H,33,35). The minimum absolute atomic E-state index is 0.193. The highest BCUT2D eigenvalue weighted by molar-refractivity contribution is 7.92. The lowest BCUT2D eigenvalue weighted by atomic mass is 10.2. The molecule has 1 N–H and O–H groups in total. The normalized spacial score (nSPS) is 11.6. The summed E-state index contributed by atoms with van der Waals surface area (Å²) in [5, 5.41) is 1.98. The Bertz CT molecular complexity index is 1530. The Hall–Kier alpha value is -4.02. The minimum Gasteiger partial charge on any atom is -0.489 e. The van der Waals surface area contributed by atoms with E-state index in [2.05, 4.69) is 5.32 Å². The summed E-state index contributed by atoms with van der Waals surface area (Å²) in [5.41, 5.74) is -0.265. The number of alkyl halides is 3. The molecule has 0 atom stereocenters. The average molecular weight is 575 g/mol. The Balaban J connectivity index is 1.55. The maximum Gasteiger partial charge on any atom is 0.417 e. The van der Waals surface area contributed by atoms with Crippen molar-refractivity contribution in [1.29, 1.82) is 0 Å². The van der Waals surface area contributed by atoms with Crippen LogP contribution in [0.25, 0.3) is 0 Å². The van der Waals surface area contributed by atoms with E-state index in [1.807, 2.05) is 30.3 Å². The number of sulfonamides is 1. The second-order valence-corrected chi connectivity index (χ2v) is 10.6. The van der Waals surface area contributed by atoms with Gasteiger partial charge in [-0.1, -0.05) is 60.1 Å². The molecule has 0 aliphatic heterocycles. The lowest BCUT2D eigenvalue weighted by Gasteiger charge is -2.25. The van der Waals surface area contributed by atoms with Gasteiger partial charge in [-0.3, -0.25) is 9.10 Å². The summed E-state index contributed by atoms with van der Waals surface area (Å²) in [7, 11) is -4.41. The zero-order valence-electron chi connectivity index (χ0n) is 20.2. The molecule has 0 heterocycles. The predicted octanol–water partition coefficient (Wildman–Crippen LogP) is 6.77. The van der Waals surface area contributed by atoms with Gasteiger partial charge in [0.05, 0.1) is 21.2 Å². The van der Waals surface area contributed by atoms with E-state index in [0.29, 0.717) is 28.4 Å². The molecule has 202 valence electrons. The van der Waals surface area contributed by atoms with Gasteiger partial charge in [-0.2, -0.15) is 13.2 Å². The van der Waals surface area contributed by atoms with Gasteiger partial charge in [0.25, 0.3) is 10.0 Å². The summed E-state index contributed by atoms with van der Waals surface area (Å²) >= 11 is 5.72. The van der Waals surface area contributed by atoms with Crippen molar-refractivity contribution in [2.75, 3.05) is 16.2 Å². The van der Waals surface area contributed by atoms with E-state index in [-0.39, 0.29) is 10.6 Å². The number of rotatable bonds is 9. The van der Waals surface area contributed by atoms with Crippen LogP contribution in [0.1, 0.15) is 11.1 Å². The number of benzene rings is 4. The number of carbonyl (C=O) groups is 1. The SMILES string of the molecule is O=C(CN(c1ccc(Cl)c(C(F)(F)F)c1)S(=O)(=O)c1ccccc1)Nc1ccc(OCc2ccccc2)cc1. The molecule has 0 radical (unpaired) electrons. The van der Waals surface area contributed by atoms with Crippen molar-refractivity contribution in [3.63, 3.8) is 0 Å². The molecule has 11 heteroatoms. The first kappa shape index (κ1) is 28.0. The number of hydrogen-bond acceptors (Lipinski definition) is 4. The molecule has 0 unspecified atom stereocenters. The number of ether oxygens (including phenoxy) is 1. The molecule has 1 amide bonds. The highest BCUT2D eigenvalue weighted by Crippen LogP contribution is 2.38. The number of carbonyl (C=O) groups excluding carboxylic acids is 1. The van der Waals surface area contributed by atoms with Crippen molar-refractivity contribution in [2.45, 2.75) is 17.7 Å². The molecule has 0 saturated heterocycles. The summed E-state index contributed by atoms with van der Waals surface area (Å²) in [6.45, 7) is -0.442. The van der Waals surface area contributed by atoms with Gasteiger partial charge < -0.3 is 10.1 Å². The molecule has 0 saturated carbocycles. The van der Waals surface area contributed by atoms with E-state index in [4.69, 9.17) is 16.3 Å². The van der Waals surface area contributed by atoms with E-state index < -0.39 is 39.2 Å². The number of hydrogen-bond donors (Lipinski definition) is 1. The quantitative estimate of drug-likeness (QED) is 0.239. The maximum atomic E-state index is 13.5. The predicted molar refractivity (Wildman–Crippen MR) is 143 cm³/mol. The molecular formula is C28H22ClF3N2O4S. The zero-order chi connectivity index (χ0) is 28.0. The monoisotopic (exact) mass is 574 g/mol. The van der Waals surface area contributed by atoms with Crippen molar-refractivity contribution in [1.82, 2.24) is 0 Å². The summed E-state index contributed by atoms with van der Waals surface area (Å²) in [4.78, 5) is 12.7. The van der Waals surface area contributed by atoms with Gasteiger partial charge in [0.2, 0.25) is 5.91 Å². The molecule has 0 spiro atoms. The Morgan fingerprint density at radius 2 is 1.49 bits per heavy atom. The summed E-state index contributed by atoms with van der Waals surface area (Å²) in [6.07, 6.45) is -4.83. The molecule has 6 nitrogen and oxygen atoms in total. The van der Waals surface area contributed by atoms with Crippen molar-refractivity contribution in [2.24, 2.45) is 0 Å². The Labute approximate surface area is 228 Å². The van der Waals surface area contributed by atoms with Gasteiger partial charge in [-0.25, -0.2) is 8.42 Å². The van der Waals surface area contributed by atoms with E-state index in [1.54, 1.807) is 30.3 Å². The first-order chi connectivity index (χ1) is 18.5. The molecule has 4 aromatic rings. The van der Waals surface area contributed by atoms with E-state index in [0.717, 1.165) is 17.7 Å². The summed E-state index contributed by atoms with van der Waals surface area (Å²) in [5.74, 6) is -0.220. The van der Waals surface area contributed by atoms with E-state index in [1.165, 1.54) is 24.3 Å². The Morgan fingerprint density at radius 1 is 0.872 bits per heavy atom. The summed E-state index contributed by atoms with van der Waals surface area (Å²) < 4.78 is 73.7. The number of anilines is 2. The van der Waals surface area contributed by atoms with Gasteiger partial charge in [-0.15, -0.1) is 0 Å². The molecule has 0 aliphatic rings. The first-order valence-electron chi connectivity index (χ1n) is 11.6. The lowest BCUT2D eigenvalue weighted by Crippen LogP contribution is -2.38. The highest BCUT2D eigenvalue weighted by atomic mass is 35.5. The third-order valence-corrected chi connectivity index (χ3v) is 7.67. The molecule has 4 aromatic carbocycles. The maximum absolute atomic E-state index is 13.5. The molecule has 39 heavy (non-hydrogen) atoms. The minimum atomic E-state index is -4.83. The van der Waals surface area contributed by atoms with Gasteiger partial charge in [-0.05, 0) is 60.2 Å². The lowest BCUT2D eigenvalue weighted by molar-refractivity contribution is -0.137. The van der Waals surface area contributed by atoms with Crippen LogP contribution in [0.3, 0.4) is 0 Å². The van der Waals surface area contributed by atoms with Gasteiger partial charge >= 0.3 is 6.18 Å². The molecule has 0 fully saturated rings. The van der Waals surface area contributed by atoms with Crippen LogP contribution >= 0.6 is 11.6 Å². The van der Waals surface area contributed by atoms with Crippen LogP contribution in [-0.2, 0) is 27.6 Å². The van der Waals surface area contributed by atoms with Crippen LogP contribution in [-0.4, -0.2) is 20.9 Å². The third kappa shape index (κ3) is 7.10. The Kier molecular flexibility index (Phi) is 8.47. The van der Waals surface area contributed by atoms with Crippen LogP contribution in [0.5, 0.6) is 5.75 Å². The second kappa shape index (κ2) is 11.8. The van der Waals surface area contributed by atoms with E-state index in [9.17, 15) is 26.4 Å². The van der Waals surface area contributed by atoms with Crippen LogP contribution in [0.2, 0.25) is 5.02 Å². The molecule has 0 aromatic heterocycles. The van der Waals surface area contributed by atoms with Crippen LogP contribution in [0.4, 0.5) is 24.5 Å². The van der Waals surface area contributed by atoms with Crippen LogP contribution in [0, 0.1) is 0 Å². The highest BCUT2D eigenvalue weighted by Gasteiger charge is 2.35. The van der Waals surface area contributed by atoms with E-state index >= 15 is 0 Å². The molecule has 4 rings (SSSR count). The third-order valence-electron chi connectivity index (χ3n) is 5.55. The number of nitrogens with zero attached hydrogens (tertiary/aromatic N) is 1. The van der Waals surface area contributed by atoms with Crippen molar-refractivity contribution < 1.29 is 31.1 Å². The molecule has 0 aliphatic carbocycles. The molecular weight excluding hydrogens is 553 g/mol. The van der Waals surface area contributed by atoms with Crippen LogP contribution < -0.4 is 14.4 Å². The smallest absolute Gasteiger partial charge is 0.417 e. The topological polar surface area (TPSA) is 75.7 Å². The first-order valence-corrected chi connectivity index (χ1v) is 13.4. The van der Waals surface area contributed by atoms with Crippen LogP contribution in [0.15, 0.2) is 108 Å². The number of amides is 1. The number of halogens is 4. The average Bonchev–Trinajstić information content (AvgIpc) is 2.92. The zero-order valence-corrected chi connectivity index (χ0v) is 21.8. The molecule has 0 bridgehead atoms. The van der Waals surface area contributed by atoms with Gasteiger partial charge in [0.15, 0.2) is 0 Å². The van der Waals surface area contributed by atoms with Crippen molar-refractivity contribution in [3.8, 4) is 5.75 Å². The fourth-order valence-corrected chi connectivity index (χ4v) is 5.29. The van der Waals surface area contributed by atoms with Crippen molar-refractivity contribution in [3.05, 3.63) is 119 Å². The van der Waals surface area contributed by atoms with Crippen molar-refractivity contribution >= 4 is 38.9 Å². The van der Waals surface area contributed by atoms with Gasteiger partial charge in [0, 0.05) is 5.69 Å². The number of nitrogens with one attached hydrogen (secondary N) is 1.